The van der Waals surface area contributed by atoms with Crippen molar-refractivity contribution in [2.45, 2.75) is 19.3 Å². The molecule has 0 unspecified atom stereocenters. The Hall–Kier alpha value is -2.94. The first-order valence-electron chi connectivity index (χ1n) is 10.9. The van der Waals surface area contributed by atoms with E-state index in [0.29, 0.717) is 6.42 Å². The first-order chi connectivity index (χ1) is 16.1. The summed E-state index contributed by atoms with van der Waals surface area (Å²) in [6, 6.07) is 28.4. The summed E-state index contributed by atoms with van der Waals surface area (Å²) in [6.07, 6.45) is 2.18. The fraction of sp³-hybridized carbons (Fsp3) is 0.172. The minimum atomic E-state index is 0.700. The van der Waals surface area contributed by atoms with Crippen LogP contribution in [0.1, 0.15) is 33.4 Å². The van der Waals surface area contributed by atoms with Gasteiger partial charge in [-0.25, -0.2) is 0 Å². The van der Waals surface area contributed by atoms with Crippen LogP contribution in [-0.2, 0) is 19.3 Å². The van der Waals surface area contributed by atoms with E-state index in [1.54, 1.807) is 14.2 Å². The van der Waals surface area contributed by atoms with Crippen molar-refractivity contribution in [1.82, 2.24) is 0 Å². The molecular weight excluding hydrogens is 451 g/mol. The molecule has 0 radical (unpaired) electrons. The van der Waals surface area contributed by atoms with Gasteiger partial charge in [0.05, 0.1) is 14.2 Å². The van der Waals surface area contributed by atoms with Gasteiger partial charge in [-0.2, -0.15) is 0 Å². The van der Waals surface area contributed by atoms with Crippen LogP contribution in [0.15, 0.2) is 84.9 Å². The first-order valence-corrected chi connectivity index (χ1v) is 11.6. The molecule has 0 aliphatic rings. The van der Waals surface area contributed by atoms with Crippen LogP contribution in [-0.4, -0.2) is 14.2 Å². The van der Waals surface area contributed by atoms with E-state index in [1.165, 1.54) is 11.1 Å². The second kappa shape index (κ2) is 10.8. The van der Waals surface area contributed by atoms with Crippen molar-refractivity contribution in [3.63, 3.8) is 0 Å². The maximum atomic E-state index is 6.46. The van der Waals surface area contributed by atoms with E-state index in [-0.39, 0.29) is 0 Å². The van der Waals surface area contributed by atoms with Crippen LogP contribution in [0.4, 0.5) is 0 Å². The van der Waals surface area contributed by atoms with Crippen LogP contribution in [0.25, 0.3) is 0 Å². The number of hydrogen-bond donors (Lipinski definition) is 0. The molecule has 4 aromatic rings. The van der Waals surface area contributed by atoms with E-state index >= 15 is 0 Å². The van der Waals surface area contributed by atoms with Gasteiger partial charge < -0.3 is 9.47 Å². The molecule has 0 saturated heterocycles. The maximum Gasteiger partial charge on any atom is 0.126 e. The van der Waals surface area contributed by atoms with Gasteiger partial charge in [0.2, 0.25) is 0 Å². The summed E-state index contributed by atoms with van der Waals surface area (Å²) in [5.41, 5.74) is 6.86. The van der Waals surface area contributed by atoms with Gasteiger partial charge in [0.15, 0.2) is 0 Å². The molecule has 0 aromatic heterocycles. The predicted molar refractivity (Wildman–Crippen MR) is 137 cm³/mol. The van der Waals surface area contributed by atoms with Crippen molar-refractivity contribution < 1.29 is 9.47 Å². The molecule has 2 nitrogen and oxygen atoms in total. The molecule has 0 saturated carbocycles. The maximum absolute atomic E-state index is 6.46. The zero-order valence-corrected chi connectivity index (χ0v) is 20.3. The number of hydrogen-bond acceptors (Lipinski definition) is 2. The van der Waals surface area contributed by atoms with Gasteiger partial charge in [-0.3, -0.25) is 0 Å². The highest BCUT2D eigenvalue weighted by Gasteiger charge is 2.17. The Balaban J connectivity index is 1.79. The summed E-state index contributed by atoms with van der Waals surface area (Å²) in [6.45, 7) is 0. The molecule has 0 atom stereocenters. The smallest absolute Gasteiger partial charge is 0.126 e. The number of benzene rings is 4. The number of ether oxygens (including phenoxy) is 2. The average molecular weight is 477 g/mol. The van der Waals surface area contributed by atoms with Gasteiger partial charge in [0.1, 0.15) is 11.5 Å². The quantitative estimate of drug-likeness (QED) is 0.258. The Kier molecular flexibility index (Phi) is 7.59. The average Bonchev–Trinajstić information content (AvgIpc) is 2.84. The van der Waals surface area contributed by atoms with Gasteiger partial charge in [-0.1, -0.05) is 83.9 Å². The Bertz CT molecular complexity index is 1230. The van der Waals surface area contributed by atoms with Crippen LogP contribution in [0.2, 0.25) is 10.0 Å². The summed E-state index contributed by atoms with van der Waals surface area (Å²) in [5, 5.41) is 1.49. The van der Waals surface area contributed by atoms with Crippen molar-refractivity contribution in [3.8, 4) is 11.5 Å². The van der Waals surface area contributed by atoms with Crippen LogP contribution in [0.5, 0.6) is 11.5 Å². The molecule has 4 rings (SSSR count). The zero-order chi connectivity index (χ0) is 23.2. The molecule has 0 heterocycles. The molecule has 0 aliphatic carbocycles. The lowest BCUT2D eigenvalue weighted by atomic mass is 9.90. The summed E-state index contributed by atoms with van der Waals surface area (Å²) in [5.74, 6) is 1.78. The molecule has 0 spiro atoms. The lowest BCUT2D eigenvalue weighted by Gasteiger charge is -2.19. The number of para-hydroxylation sites is 1. The van der Waals surface area contributed by atoms with Crippen molar-refractivity contribution in [1.29, 1.82) is 0 Å². The molecule has 33 heavy (non-hydrogen) atoms. The fourth-order valence-corrected chi connectivity index (χ4v) is 4.51. The Morgan fingerprint density at radius 3 is 1.91 bits per heavy atom. The van der Waals surface area contributed by atoms with E-state index < -0.39 is 0 Å². The highest BCUT2D eigenvalue weighted by atomic mass is 35.5. The van der Waals surface area contributed by atoms with Crippen LogP contribution in [0, 0.1) is 0 Å². The third-order valence-corrected chi connectivity index (χ3v) is 6.47. The number of methoxy groups -OCH3 is 2. The third kappa shape index (κ3) is 5.52. The van der Waals surface area contributed by atoms with Crippen LogP contribution < -0.4 is 9.47 Å². The fourth-order valence-electron chi connectivity index (χ4n) is 4.18. The number of halogens is 2. The lowest BCUT2D eigenvalue weighted by molar-refractivity contribution is 0.405. The standard InChI is InChI=1S/C29H26Cl2O2/c1-32-28-10-6-4-8-23(28)18-21-13-14-24(19-22-7-3-5-9-27(22)31)29(33-2)26(21)17-20-11-15-25(30)16-12-20/h3-16H,17-19H2,1-2H3. The van der Waals surface area contributed by atoms with Crippen molar-refractivity contribution >= 4 is 23.2 Å². The summed E-state index contributed by atoms with van der Waals surface area (Å²) in [4.78, 5) is 0. The molecule has 0 aliphatic heterocycles. The zero-order valence-electron chi connectivity index (χ0n) is 18.8. The molecule has 4 aromatic carbocycles. The van der Waals surface area contributed by atoms with E-state index in [0.717, 1.165) is 56.6 Å². The molecule has 0 fully saturated rings. The van der Waals surface area contributed by atoms with Crippen LogP contribution >= 0.6 is 23.2 Å². The van der Waals surface area contributed by atoms with Gasteiger partial charge >= 0.3 is 0 Å². The Morgan fingerprint density at radius 1 is 0.576 bits per heavy atom. The third-order valence-electron chi connectivity index (χ3n) is 5.85. The molecular formula is C29H26Cl2O2. The Labute approximate surface area is 205 Å². The summed E-state index contributed by atoms with van der Waals surface area (Å²) in [7, 11) is 3.45. The second-order valence-electron chi connectivity index (χ2n) is 7.96. The molecule has 168 valence electrons. The predicted octanol–water partition coefficient (Wildman–Crippen LogP) is 7.78. The lowest BCUT2D eigenvalue weighted by Crippen LogP contribution is -2.05. The SMILES string of the molecule is COc1ccccc1Cc1ccc(Cc2ccccc2Cl)c(OC)c1Cc1ccc(Cl)cc1. The monoisotopic (exact) mass is 476 g/mol. The molecule has 0 amide bonds. The minimum Gasteiger partial charge on any atom is -0.496 e. The topological polar surface area (TPSA) is 18.5 Å². The molecule has 0 N–H and O–H groups in total. The summed E-state index contributed by atoms with van der Waals surface area (Å²) < 4.78 is 11.6. The first kappa shape index (κ1) is 23.2. The van der Waals surface area contributed by atoms with Crippen molar-refractivity contribution in [2.24, 2.45) is 0 Å². The largest absolute Gasteiger partial charge is 0.496 e. The second-order valence-corrected chi connectivity index (χ2v) is 8.80. The van der Waals surface area contributed by atoms with Gasteiger partial charge in [-0.05, 0) is 52.1 Å². The number of rotatable bonds is 8. The van der Waals surface area contributed by atoms with Gasteiger partial charge in [-0.15, -0.1) is 0 Å². The minimum absolute atomic E-state index is 0.700. The van der Waals surface area contributed by atoms with Crippen LogP contribution in [0.3, 0.4) is 0 Å². The molecule has 0 bridgehead atoms. The Morgan fingerprint density at radius 2 is 1.21 bits per heavy atom. The van der Waals surface area contributed by atoms with Gasteiger partial charge in [0.25, 0.3) is 0 Å². The van der Waals surface area contributed by atoms with Crippen molar-refractivity contribution in [3.05, 3.63) is 128 Å². The van der Waals surface area contributed by atoms with E-state index in [4.69, 9.17) is 32.7 Å². The van der Waals surface area contributed by atoms with E-state index in [9.17, 15) is 0 Å². The normalized spacial score (nSPS) is 10.8. The highest BCUT2D eigenvalue weighted by Crippen LogP contribution is 2.35. The van der Waals surface area contributed by atoms with E-state index in [1.807, 2.05) is 48.5 Å². The van der Waals surface area contributed by atoms with Gasteiger partial charge in [0, 0.05) is 34.9 Å². The molecule has 4 heteroatoms. The van der Waals surface area contributed by atoms with Crippen molar-refractivity contribution in [2.75, 3.05) is 14.2 Å². The summed E-state index contributed by atoms with van der Waals surface area (Å²) >= 11 is 12.6. The highest BCUT2D eigenvalue weighted by molar-refractivity contribution is 6.31. The van der Waals surface area contributed by atoms with E-state index in [2.05, 4.69) is 36.4 Å².